The molecule has 3 amide bonds. The predicted octanol–water partition coefficient (Wildman–Crippen LogP) is 4.81. The third-order valence-electron chi connectivity index (χ3n) is 9.96. The molecule has 0 unspecified atom stereocenters. The Morgan fingerprint density at radius 1 is 1.02 bits per heavy atom. The van der Waals surface area contributed by atoms with Crippen LogP contribution in [0.1, 0.15) is 39.0 Å². The second-order valence-corrected chi connectivity index (χ2v) is 15.1. The lowest BCUT2D eigenvalue weighted by molar-refractivity contribution is -0.138. The van der Waals surface area contributed by atoms with Gasteiger partial charge in [-0.25, -0.2) is 18.1 Å². The number of rotatable bonds is 6. The largest absolute Gasteiger partial charge is 0.497 e. The summed E-state index contributed by atoms with van der Waals surface area (Å²) in [6.45, 7) is 2.10. The molecule has 1 saturated carbocycles. The Morgan fingerprint density at radius 3 is 2.60 bits per heavy atom. The number of hydrogen-bond donors (Lipinski definition) is 3. The van der Waals surface area contributed by atoms with Crippen LogP contribution < -0.4 is 24.8 Å². The number of methoxy groups -OCH3 is 1. The van der Waals surface area contributed by atoms with Crippen molar-refractivity contribution in [3.05, 3.63) is 91.0 Å². The minimum absolute atomic E-state index is 0.0503. The molecule has 12 nitrogen and oxygen atoms in total. The Balaban J connectivity index is 1.15. The molecule has 52 heavy (non-hydrogen) atoms. The van der Waals surface area contributed by atoms with Gasteiger partial charge in [0.2, 0.25) is 11.8 Å². The van der Waals surface area contributed by atoms with Crippen LogP contribution in [0, 0.1) is 5.92 Å². The highest BCUT2D eigenvalue weighted by Crippen LogP contribution is 2.46. The number of anilines is 1. The molecule has 2 aliphatic heterocycles. The number of aromatic nitrogens is 1. The van der Waals surface area contributed by atoms with Crippen LogP contribution in [0.3, 0.4) is 0 Å². The van der Waals surface area contributed by atoms with Gasteiger partial charge in [-0.1, -0.05) is 54.6 Å². The third kappa shape index (κ3) is 7.05. The minimum atomic E-state index is -4.29. The molecule has 4 aromatic rings. The highest BCUT2D eigenvalue weighted by Gasteiger charge is 2.61. The van der Waals surface area contributed by atoms with Gasteiger partial charge in [0.1, 0.15) is 34.1 Å². The van der Waals surface area contributed by atoms with E-state index >= 15 is 0 Å². The maximum absolute atomic E-state index is 14.1. The number of allylic oxidation sites excluding steroid dienone is 1. The second kappa shape index (κ2) is 14.3. The van der Waals surface area contributed by atoms with Crippen LogP contribution in [0.25, 0.3) is 22.2 Å². The van der Waals surface area contributed by atoms with E-state index in [1.807, 2.05) is 66.7 Å². The first kappa shape index (κ1) is 35.0. The van der Waals surface area contributed by atoms with Crippen LogP contribution in [-0.2, 0) is 24.4 Å². The Labute approximate surface area is 302 Å². The molecular formula is C39H41N5O7S. The van der Waals surface area contributed by atoms with Gasteiger partial charge in [-0.05, 0) is 49.9 Å². The summed E-state index contributed by atoms with van der Waals surface area (Å²) in [5, 5.41) is 6.80. The van der Waals surface area contributed by atoms with E-state index < -0.39 is 45.4 Å². The van der Waals surface area contributed by atoms with E-state index in [-0.39, 0.29) is 30.2 Å². The molecule has 2 fully saturated rings. The van der Waals surface area contributed by atoms with Crippen molar-refractivity contribution in [3.63, 3.8) is 0 Å². The first-order chi connectivity index (χ1) is 25.1. The number of carbonyl (C=O) groups excluding carboxylic acids is 3. The Morgan fingerprint density at radius 2 is 1.81 bits per heavy atom. The van der Waals surface area contributed by atoms with Crippen molar-refractivity contribution in [3.8, 4) is 22.8 Å². The molecule has 1 aromatic heterocycles. The Kier molecular flexibility index (Phi) is 9.62. The molecule has 1 saturated heterocycles. The van der Waals surface area contributed by atoms with E-state index in [9.17, 15) is 22.8 Å². The zero-order chi connectivity index (χ0) is 36.5. The normalized spacial score (nSPS) is 24.0. The average molecular weight is 724 g/mol. The van der Waals surface area contributed by atoms with E-state index in [0.717, 1.165) is 30.2 Å². The SMILES string of the molecule is COc1ccc2c(O[C@@H]3C[C@@H](C(=O)N[C@]45C[C@H]4C=CCCCCNc4ccccc4S(=O)(=O)NC5=O)N(C(C)=O)C3)cc(-c3ccccc3)nc2c1. The van der Waals surface area contributed by atoms with Gasteiger partial charge in [0, 0.05) is 48.9 Å². The van der Waals surface area contributed by atoms with Gasteiger partial charge in [-0.3, -0.25) is 14.4 Å². The number of pyridine rings is 1. The van der Waals surface area contributed by atoms with Crippen molar-refractivity contribution < 1.29 is 32.3 Å². The number of para-hydroxylation sites is 1. The minimum Gasteiger partial charge on any atom is -0.497 e. The van der Waals surface area contributed by atoms with Crippen molar-refractivity contribution >= 4 is 44.3 Å². The molecule has 13 heteroatoms. The Bertz CT molecular complexity index is 2160. The summed E-state index contributed by atoms with van der Waals surface area (Å²) < 4.78 is 41.3. The molecule has 3 N–H and O–H groups in total. The van der Waals surface area contributed by atoms with E-state index in [0.29, 0.717) is 34.9 Å². The molecule has 0 spiro atoms. The summed E-state index contributed by atoms with van der Waals surface area (Å²) in [5.74, 6) is -0.944. The number of ether oxygens (including phenoxy) is 2. The number of hydrogen-bond acceptors (Lipinski definition) is 9. The van der Waals surface area contributed by atoms with Gasteiger partial charge >= 0.3 is 0 Å². The highest BCUT2D eigenvalue weighted by atomic mass is 32.2. The van der Waals surface area contributed by atoms with Gasteiger partial charge < -0.3 is 25.0 Å². The van der Waals surface area contributed by atoms with E-state index in [1.165, 1.54) is 17.9 Å². The summed E-state index contributed by atoms with van der Waals surface area (Å²) in [6, 6.07) is 22.5. The fraction of sp³-hybridized carbons (Fsp3) is 0.333. The highest BCUT2D eigenvalue weighted by molar-refractivity contribution is 7.90. The molecule has 3 aliphatic rings. The molecule has 3 heterocycles. The summed E-state index contributed by atoms with van der Waals surface area (Å²) in [4.78, 5) is 47.2. The fourth-order valence-electron chi connectivity index (χ4n) is 7.09. The zero-order valence-corrected chi connectivity index (χ0v) is 29.8. The van der Waals surface area contributed by atoms with E-state index in [2.05, 4.69) is 15.4 Å². The predicted molar refractivity (Wildman–Crippen MR) is 196 cm³/mol. The zero-order valence-electron chi connectivity index (χ0n) is 29.0. The van der Waals surface area contributed by atoms with Crippen molar-refractivity contribution in [2.75, 3.05) is 25.5 Å². The fourth-order valence-corrected chi connectivity index (χ4v) is 8.31. The molecular weight excluding hydrogens is 683 g/mol. The summed E-state index contributed by atoms with van der Waals surface area (Å²) in [5.41, 5.74) is 1.13. The van der Waals surface area contributed by atoms with Gasteiger partial charge in [0.15, 0.2) is 0 Å². The molecule has 4 atom stereocenters. The number of carbonyl (C=O) groups is 3. The van der Waals surface area contributed by atoms with Gasteiger partial charge in [-0.2, -0.15) is 0 Å². The van der Waals surface area contributed by atoms with Gasteiger partial charge in [-0.15, -0.1) is 0 Å². The van der Waals surface area contributed by atoms with Crippen molar-refractivity contribution in [1.29, 1.82) is 0 Å². The second-order valence-electron chi connectivity index (χ2n) is 13.5. The number of nitrogens with one attached hydrogen (secondary N) is 3. The van der Waals surface area contributed by atoms with Crippen LogP contribution >= 0.6 is 0 Å². The van der Waals surface area contributed by atoms with Crippen molar-refractivity contribution in [1.82, 2.24) is 19.9 Å². The first-order valence-electron chi connectivity index (χ1n) is 17.4. The summed E-state index contributed by atoms with van der Waals surface area (Å²) in [6.07, 6.45) is 6.11. The Hall–Kier alpha value is -5.43. The van der Waals surface area contributed by atoms with Crippen molar-refractivity contribution in [2.45, 2.75) is 61.6 Å². The average Bonchev–Trinajstić information content (AvgIpc) is 3.67. The van der Waals surface area contributed by atoms with E-state index in [1.54, 1.807) is 25.3 Å². The lowest BCUT2D eigenvalue weighted by atomic mass is 10.1. The molecule has 7 rings (SSSR count). The van der Waals surface area contributed by atoms with Crippen LogP contribution in [0.15, 0.2) is 95.9 Å². The van der Waals surface area contributed by atoms with Crippen LogP contribution in [0.5, 0.6) is 11.5 Å². The molecule has 3 aromatic carbocycles. The summed E-state index contributed by atoms with van der Waals surface area (Å²) in [7, 11) is -2.70. The number of benzene rings is 3. The smallest absolute Gasteiger partial charge is 0.266 e. The molecule has 0 bridgehead atoms. The number of nitrogens with zero attached hydrogens (tertiary/aromatic N) is 2. The number of sulfonamides is 1. The lowest BCUT2D eigenvalue weighted by Gasteiger charge is -2.25. The number of likely N-dealkylation sites (tertiary alicyclic amines) is 1. The van der Waals surface area contributed by atoms with E-state index in [4.69, 9.17) is 14.5 Å². The molecule has 1 aliphatic carbocycles. The number of fused-ring (bicyclic) bond motifs is 3. The topological polar surface area (TPSA) is 156 Å². The quantitative estimate of drug-likeness (QED) is 0.238. The molecule has 270 valence electrons. The lowest BCUT2D eigenvalue weighted by Crippen LogP contribution is -2.56. The van der Waals surface area contributed by atoms with Gasteiger partial charge in [0.05, 0.1) is 30.6 Å². The van der Waals surface area contributed by atoms with Gasteiger partial charge in [0.25, 0.3) is 15.9 Å². The summed E-state index contributed by atoms with van der Waals surface area (Å²) >= 11 is 0. The number of amides is 3. The van der Waals surface area contributed by atoms with Crippen LogP contribution in [0.2, 0.25) is 0 Å². The van der Waals surface area contributed by atoms with Crippen LogP contribution in [0.4, 0.5) is 5.69 Å². The molecule has 0 radical (unpaired) electrons. The monoisotopic (exact) mass is 723 g/mol. The third-order valence-corrected chi connectivity index (χ3v) is 11.4. The van der Waals surface area contributed by atoms with Crippen LogP contribution in [-0.4, -0.2) is 73.9 Å². The van der Waals surface area contributed by atoms with Crippen molar-refractivity contribution in [2.24, 2.45) is 5.92 Å². The maximum atomic E-state index is 14.1. The maximum Gasteiger partial charge on any atom is 0.266 e. The standard InChI is InChI=1S/C39H41N5O7S/c1-25(45)44-24-29(51-35-22-32(26-12-6-5-7-13-26)41-33-20-28(50-2)17-18-30(33)35)21-34(44)37(46)42-39-23-27(39)14-8-3-4-11-19-40-31-15-9-10-16-36(31)52(48,49)43-38(39)47/h5-10,12-18,20,22,27,29,34,40H,3-4,11,19,21,23-24H2,1-2H3,(H,42,46)(H,43,47)/t27-,29-,34+,39-/m1/s1. The first-order valence-corrected chi connectivity index (χ1v) is 18.9.